The van der Waals surface area contributed by atoms with Gasteiger partial charge in [-0.2, -0.15) is 8.96 Å². The van der Waals surface area contributed by atoms with Gasteiger partial charge in [-0.05, 0) is 25.3 Å². The lowest BCUT2D eigenvalue weighted by Gasteiger charge is -2.06. The summed E-state index contributed by atoms with van der Waals surface area (Å²) in [5.74, 6) is -6.15. The van der Waals surface area contributed by atoms with Crippen LogP contribution >= 0.6 is 0 Å². The fourth-order valence-corrected chi connectivity index (χ4v) is 3.33. The minimum absolute atomic E-state index is 0.187. The molecule has 0 saturated carbocycles. The number of allylic oxidation sites excluding steroid dienone is 2. The molecular formula is C15H10F4N+. The van der Waals surface area contributed by atoms with Crippen molar-refractivity contribution in [2.45, 2.75) is 25.8 Å². The first-order valence-corrected chi connectivity index (χ1v) is 6.49. The standard InChI is InChI=1S/C15H10F4N/c16-11-9-4-5-10-8-3-1-2-7(8)6-20(10)15(9)14(19)13(18)12(11)17/h4-5H,1-3,6H2/q+1. The summed E-state index contributed by atoms with van der Waals surface area (Å²) in [6.45, 7) is 0.434. The summed E-state index contributed by atoms with van der Waals surface area (Å²) in [5, 5.41) is -0.216. The van der Waals surface area contributed by atoms with Gasteiger partial charge in [0, 0.05) is 17.2 Å². The molecule has 0 fully saturated rings. The van der Waals surface area contributed by atoms with E-state index < -0.39 is 23.3 Å². The number of hydrogen-bond acceptors (Lipinski definition) is 0. The minimum atomic E-state index is -1.76. The molecule has 1 aliphatic heterocycles. The van der Waals surface area contributed by atoms with Crippen LogP contribution in [0.1, 0.15) is 25.0 Å². The molecule has 2 aromatic rings. The fourth-order valence-electron chi connectivity index (χ4n) is 3.33. The van der Waals surface area contributed by atoms with E-state index in [1.807, 2.05) is 0 Å². The number of pyridine rings is 1. The summed E-state index contributed by atoms with van der Waals surface area (Å²) in [5.41, 5.74) is 2.92. The second kappa shape index (κ2) is 3.81. The average Bonchev–Trinajstić information content (AvgIpc) is 3.02. The molecule has 1 aromatic heterocycles. The highest BCUT2D eigenvalue weighted by Gasteiger charge is 2.36. The Hall–Kier alpha value is -1.91. The van der Waals surface area contributed by atoms with Gasteiger partial charge in [-0.25, -0.2) is 13.2 Å². The normalized spacial score (nSPS) is 17.0. The highest BCUT2D eigenvalue weighted by Crippen LogP contribution is 2.38. The van der Waals surface area contributed by atoms with Gasteiger partial charge >= 0.3 is 0 Å². The van der Waals surface area contributed by atoms with Gasteiger partial charge in [-0.3, -0.25) is 0 Å². The SMILES string of the molecule is Fc1c(F)c(F)c2c(ccc3[n+]2CC2=C3CCC2)c1F. The first-order chi connectivity index (χ1) is 9.59. The Balaban J connectivity index is 2.11. The predicted octanol–water partition coefficient (Wildman–Crippen LogP) is 3.63. The van der Waals surface area contributed by atoms with Crippen molar-refractivity contribution < 1.29 is 22.1 Å². The van der Waals surface area contributed by atoms with E-state index in [-0.39, 0.29) is 10.9 Å². The van der Waals surface area contributed by atoms with Gasteiger partial charge < -0.3 is 0 Å². The van der Waals surface area contributed by atoms with Crippen LogP contribution in [0.2, 0.25) is 0 Å². The van der Waals surface area contributed by atoms with E-state index in [0.29, 0.717) is 6.54 Å². The molecule has 1 aliphatic carbocycles. The van der Waals surface area contributed by atoms with Crippen LogP contribution in [0.15, 0.2) is 17.7 Å². The second-order valence-electron chi connectivity index (χ2n) is 5.26. The van der Waals surface area contributed by atoms with Crippen LogP contribution in [0, 0.1) is 23.3 Å². The van der Waals surface area contributed by atoms with Crippen LogP contribution in [-0.4, -0.2) is 0 Å². The molecule has 0 saturated heterocycles. The Kier molecular flexibility index (Phi) is 2.26. The first kappa shape index (κ1) is 11.9. The number of hydrogen-bond donors (Lipinski definition) is 0. The first-order valence-electron chi connectivity index (χ1n) is 6.49. The third-order valence-corrected chi connectivity index (χ3v) is 4.24. The third kappa shape index (κ3) is 1.30. The van der Waals surface area contributed by atoms with E-state index in [2.05, 4.69) is 0 Å². The quantitative estimate of drug-likeness (QED) is 0.300. The zero-order chi connectivity index (χ0) is 14.0. The zero-order valence-corrected chi connectivity index (χ0v) is 10.4. The Bertz CT molecular complexity index is 808. The Morgan fingerprint density at radius 1 is 0.850 bits per heavy atom. The van der Waals surface area contributed by atoms with Crippen LogP contribution in [-0.2, 0) is 6.54 Å². The molecular weight excluding hydrogens is 270 g/mol. The van der Waals surface area contributed by atoms with Gasteiger partial charge in [-0.1, -0.05) is 0 Å². The molecule has 2 aliphatic rings. The van der Waals surface area contributed by atoms with Crippen molar-refractivity contribution >= 4 is 16.5 Å². The molecule has 2 heterocycles. The molecule has 102 valence electrons. The molecule has 0 bridgehead atoms. The third-order valence-electron chi connectivity index (χ3n) is 4.24. The topological polar surface area (TPSA) is 3.88 Å². The number of nitrogens with zero attached hydrogens (tertiary/aromatic N) is 1. The fraction of sp³-hybridized carbons (Fsp3) is 0.267. The molecule has 5 heteroatoms. The van der Waals surface area contributed by atoms with Gasteiger partial charge in [0.15, 0.2) is 18.2 Å². The monoisotopic (exact) mass is 280 g/mol. The summed E-state index contributed by atoms with van der Waals surface area (Å²) in [6, 6.07) is 2.99. The number of fused-ring (bicyclic) bond motifs is 4. The van der Waals surface area contributed by atoms with Crippen LogP contribution in [0.25, 0.3) is 16.5 Å². The van der Waals surface area contributed by atoms with Crippen LogP contribution < -0.4 is 4.57 Å². The lowest BCUT2D eigenvalue weighted by molar-refractivity contribution is -0.661. The Labute approximate surface area is 112 Å². The molecule has 1 aromatic carbocycles. The summed E-state index contributed by atoms with van der Waals surface area (Å²) in [7, 11) is 0. The lowest BCUT2D eigenvalue weighted by atomic mass is 10.1. The van der Waals surface area contributed by atoms with Gasteiger partial charge in [-0.15, -0.1) is 0 Å². The Morgan fingerprint density at radius 3 is 2.40 bits per heavy atom. The second-order valence-corrected chi connectivity index (χ2v) is 5.26. The van der Waals surface area contributed by atoms with Gasteiger partial charge in [0.25, 0.3) is 5.52 Å². The van der Waals surface area contributed by atoms with Crippen molar-refractivity contribution in [3.05, 3.63) is 46.7 Å². The molecule has 0 amide bonds. The maximum atomic E-state index is 14.0. The van der Waals surface area contributed by atoms with Gasteiger partial charge in [0.05, 0.1) is 5.39 Å². The summed E-state index contributed by atoms with van der Waals surface area (Å²) < 4.78 is 56.2. The average molecular weight is 280 g/mol. The molecule has 0 atom stereocenters. The highest BCUT2D eigenvalue weighted by molar-refractivity contribution is 5.80. The molecule has 1 nitrogen and oxygen atoms in total. The highest BCUT2D eigenvalue weighted by atomic mass is 19.2. The van der Waals surface area contributed by atoms with E-state index in [4.69, 9.17) is 0 Å². The molecule has 20 heavy (non-hydrogen) atoms. The van der Waals surface area contributed by atoms with E-state index in [0.717, 1.165) is 30.5 Å². The van der Waals surface area contributed by atoms with Crippen molar-refractivity contribution in [3.8, 4) is 0 Å². The number of rotatable bonds is 0. The smallest absolute Gasteiger partial charge is 0.203 e. The van der Waals surface area contributed by atoms with Crippen molar-refractivity contribution in [2.24, 2.45) is 0 Å². The molecule has 0 unspecified atom stereocenters. The largest absolute Gasteiger partial charge is 0.255 e. The van der Waals surface area contributed by atoms with Crippen LogP contribution in [0.3, 0.4) is 0 Å². The number of benzene rings is 1. The summed E-state index contributed by atoms with van der Waals surface area (Å²) >= 11 is 0. The van der Waals surface area contributed by atoms with Crippen molar-refractivity contribution in [1.29, 1.82) is 0 Å². The lowest BCUT2D eigenvalue weighted by Crippen LogP contribution is -2.37. The summed E-state index contributed by atoms with van der Waals surface area (Å²) in [4.78, 5) is 0. The molecule has 0 radical (unpaired) electrons. The van der Waals surface area contributed by atoms with E-state index in [9.17, 15) is 17.6 Å². The molecule has 0 spiro atoms. The van der Waals surface area contributed by atoms with Crippen LogP contribution in [0.4, 0.5) is 17.6 Å². The van der Waals surface area contributed by atoms with E-state index >= 15 is 0 Å². The maximum Gasteiger partial charge on any atom is 0.255 e. The maximum absolute atomic E-state index is 14.0. The molecule has 4 rings (SSSR count). The van der Waals surface area contributed by atoms with Crippen molar-refractivity contribution in [1.82, 2.24) is 0 Å². The summed E-state index contributed by atoms with van der Waals surface area (Å²) in [6.07, 6.45) is 2.87. The van der Waals surface area contributed by atoms with E-state index in [1.165, 1.54) is 11.6 Å². The van der Waals surface area contributed by atoms with E-state index in [1.54, 1.807) is 10.6 Å². The minimum Gasteiger partial charge on any atom is -0.203 e. The molecule has 0 N–H and O–H groups in total. The number of halogens is 4. The number of aromatic nitrogens is 1. The zero-order valence-electron chi connectivity index (χ0n) is 10.4. The Morgan fingerprint density at radius 2 is 1.60 bits per heavy atom. The van der Waals surface area contributed by atoms with Crippen molar-refractivity contribution in [2.75, 3.05) is 0 Å². The van der Waals surface area contributed by atoms with Crippen LogP contribution in [0.5, 0.6) is 0 Å². The van der Waals surface area contributed by atoms with Gasteiger partial charge in [0.1, 0.15) is 0 Å². The van der Waals surface area contributed by atoms with Gasteiger partial charge in [0.2, 0.25) is 17.3 Å². The van der Waals surface area contributed by atoms with Crippen molar-refractivity contribution in [3.63, 3.8) is 0 Å². The predicted molar refractivity (Wildman–Crippen MR) is 64.7 cm³/mol.